The third kappa shape index (κ3) is 2.11. The normalized spacial score (nSPS) is 39.9. The Morgan fingerprint density at radius 1 is 1.11 bits per heavy atom. The van der Waals surface area contributed by atoms with Gasteiger partial charge in [0.1, 0.15) is 11.7 Å². The summed E-state index contributed by atoms with van der Waals surface area (Å²) in [5.41, 5.74) is 0. The Balaban J connectivity index is 1.93. The van der Waals surface area contributed by atoms with Crippen LogP contribution in [0.15, 0.2) is 15.0 Å². The number of hydrogen-bond acceptors (Lipinski definition) is 4. The van der Waals surface area contributed by atoms with Crippen molar-refractivity contribution in [2.24, 2.45) is 38.6 Å². The van der Waals surface area contributed by atoms with Crippen LogP contribution in [-0.2, 0) is 9.53 Å². The number of nitrogens with zero attached hydrogens (tertiary/aromatic N) is 3. The fourth-order valence-electron chi connectivity index (χ4n) is 3.22. The van der Waals surface area contributed by atoms with Crippen LogP contribution in [-0.4, -0.2) is 30.6 Å². The summed E-state index contributed by atoms with van der Waals surface area (Å²) in [7, 11) is 1.76. The Labute approximate surface area is 112 Å². The molecule has 102 valence electrons. The van der Waals surface area contributed by atoms with Crippen molar-refractivity contribution in [2.75, 3.05) is 7.05 Å². The molecule has 0 aromatic carbocycles. The maximum atomic E-state index is 11.6. The summed E-state index contributed by atoms with van der Waals surface area (Å²) < 4.78 is 5.34. The summed E-state index contributed by atoms with van der Waals surface area (Å²) in [6.45, 7) is 4.08. The van der Waals surface area contributed by atoms with Crippen LogP contribution in [0.4, 0.5) is 0 Å². The quantitative estimate of drug-likeness (QED) is 0.627. The standard InChI is InChI=1S/C14H19N3O2/c1-7-4-9-6-10-5-8(2)14(18)19-13(10)17-12(9)16-11(7)15-3/h7-10H,4-6H2,1-3H3. The van der Waals surface area contributed by atoms with E-state index in [1.165, 1.54) is 0 Å². The summed E-state index contributed by atoms with van der Waals surface area (Å²) in [4.78, 5) is 24.8. The van der Waals surface area contributed by atoms with E-state index >= 15 is 0 Å². The van der Waals surface area contributed by atoms with Crippen LogP contribution < -0.4 is 0 Å². The molecule has 0 aromatic rings. The van der Waals surface area contributed by atoms with Gasteiger partial charge in [-0.1, -0.05) is 13.8 Å². The van der Waals surface area contributed by atoms with E-state index < -0.39 is 0 Å². The van der Waals surface area contributed by atoms with E-state index in [1.54, 1.807) is 7.05 Å². The highest BCUT2D eigenvalue weighted by Gasteiger charge is 2.40. The number of ether oxygens (including phenoxy) is 1. The first-order chi connectivity index (χ1) is 9.08. The van der Waals surface area contributed by atoms with E-state index in [0.29, 0.717) is 17.7 Å². The largest absolute Gasteiger partial charge is 0.411 e. The molecule has 1 fully saturated rings. The average Bonchev–Trinajstić information content (AvgIpc) is 2.38. The van der Waals surface area contributed by atoms with Gasteiger partial charge >= 0.3 is 5.97 Å². The summed E-state index contributed by atoms with van der Waals surface area (Å²) >= 11 is 0. The van der Waals surface area contributed by atoms with Crippen molar-refractivity contribution in [2.45, 2.75) is 33.1 Å². The molecule has 3 aliphatic heterocycles. The topological polar surface area (TPSA) is 63.4 Å². The second-order valence-corrected chi connectivity index (χ2v) is 5.83. The molecule has 0 bridgehead atoms. The van der Waals surface area contributed by atoms with E-state index in [0.717, 1.165) is 30.9 Å². The third-order valence-electron chi connectivity index (χ3n) is 4.29. The number of carbonyl (C=O) groups excluding carboxylic acids is 1. The van der Waals surface area contributed by atoms with Crippen LogP contribution in [0.2, 0.25) is 0 Å². The lowest BCUT2D eigenvalue weighted by atomic mass is 9.78. The maximum Gasteiger partial charge on any atom is 0.315 e. The SMILES string of the molecule is CN=C1N=C2N=C3OC(=O)C(C)CC3CC2CC1C. The lowest BCUT2D eigenvalue weighted by Crippen LogP contribution is -2.41. The van der Waals surface area contributed by atoms with E-state index in [1.807, 2.05) is 6.92 Å². The molecule has 3 heterocycles. The minimum atomic E-state index is -0.164. The van der Waals surface area contributed by atoms with Crippen molar-refractivity contribution in [3.63, 3.8) is 0 Å². The molecule has 3 rings (SSSR count). The Morgan fingerprint density at radius 3 is 2.58 bits per heavy atom. The molecule has 0 aromatic heterocycles. The predicted molar refractivity (Wildman–Crippen MR) is 73.5 cm³/mol. The van der Waals surface area contributed by atoms with Gasteiger partial charge in [-0.05, 0) is 19.3 Å². The molecule has 4 atom stereocenters. The molecule has 19 heavy (non-hydrogen) atoms. The van der Waals surface area contributed by atoms with Gasteiger partial charge < -0.3 is 4.74 Å². The molecule has 5 nitrogen and oxygen atoms in total. The fraction of sp³-hybridized carbons (Fsp3) is 0.714. The second kappa shape index (κ2) is 4.54. The van der Waals surface area contributed by atoms with Crippen LogP contribution in [0.5, 0.6) is 0 Å². The van der Waals surface area contributed by atoms with Crippen LogP contribution >= 0.6 is 0 Å². The van der Waals surface area contributed by atoms with Crippen molar-refractivity contribution < 1.29 is 9.53 Å². The lowest BCUT2D eigenvalue weighted by Gasteiger charge is -2.36. The molecular weight excluding hydrogens is 242 g/mol. The first kappa shape index (κ1) is 12.5. The Kier molecular flexibility index (Phi) is 2.99. The van der Waals surface area contributed by atoms with Gasteiger partial charge in [-0.2, -0.15) is 0 Å². The minimum absolute atomic E-state index is 0.0174. The number of fused-ring (bicyclic) bond motifs is 2. The molecule has 0 aliphatic carbocycles. The summed E-state index contributed by atoms with van der Waals surface area (Å²) in [6, 6.07) is 0. The van der Waals surface area contributed by atoms with Gasteiger partial charge in [0.05, 0.1) is 5.92 Å². The molecule has 0 spiro atoms. The number of aliphatic imine (C=N–C) groups is 3. The third-order valence-corrected chi connectivity index (χ3v) is 4.29. The summed E-state index contributed by atoms with van der Waals surface area (Å²) in [6.07, 6.45) is 2.89. The molecule has 1 saturated heterocycles. The molecule has 5 heteroatoms. The van der Waals surface area contributed by atoms with Crippen LogP contribution in [0.3, 0.4) is 0 Å². The average molecular weight is 261 g/mol. The smallest absolute Gasteiger partial charge is 0.315 e. The van der Waals surface area contributed by atoms with Gasteiger partial charge in [-0.25, -0.2) is 9.98 Å². The number of amidine groups is 2. The number of hydrogen-bond donors (Lipinski definition) is 0. The first-order valence-electron chi connectivity index (χ1n) is 6.94. The van der Waals surface area contributed by atoms with Gasteiger partial charge in [0.15, 0.2) is 0 Å². The van der Waals surface area contributed by atoms with Crippen molar-refractivity contribution in [3.8, 4) is 0 Å². The molecule has 4 unspecified atom stereocenters. The number of rotatable bonds is 0. The van der Waals surface area contributed by atoms with Crippen molar-refractivity contribution >= 4 is 23.5 Å². The highest BCUT2D eigenvalue weighted by atomic mass is 16.5. The highest BCUT2D eigenvalue weighted by molar-refractivity contribution is 6.09. The molecule has 3 aliphatic rings. The van der Waals surface area contributed by atoms with Crippen molar-refractivity contribution in [1.82, 2.24) is 0 Å². The lowest BCUT2D eigenvalue weighted by molar-refractivity contribution is -0.142. The Hall–Kier alpha value is -1.52. The zero-order chi connectivity index (χ0) is 13.6. The fourth-order valence-corrected chi connectivity index (χ4v) is 3.22. The van der Waals surface area contributed by atoms with Crippen LogP contribution in [0.1, 0.15) is 33.1 Å². The molecule has 0 saturated carbocycles. The zero-order valence-corrected chi connectivity index (χ0v) is 11.6. The van der Waals surface area contributed by atoms with Gasteiger partial charge in [-0.15, -0.1) is 0 Å². The van der Waals surface area contributed by atoms with E-state index in [-0.39, 0.29) is 17.8 Å². The van der Waals surface area contributed by atoms with Gasteiger partial charge in [0.2, 0.25) is 5.90 Å². The second-order valence-electron chi connectivity index (χ2n) is 5.83. The van der Waals surface area contributed by atoms with Crippen molar-refractivity contribution in [3.05, 3.63) is 0 Å². The van der Waals surface area contributed by atoms with E-state index in [4.69, 9.17) is 4.74 Å². The van der Waals surface area contributed by atoms with Gasteiger partial charge in [0.25, 0.3) is 0 Å². The summed E-state index contributed by atoms with van der Waals surface area (Å²) in [5.74, 6) is 3.10. The monoisotopic (exact) mass is 261 g/mol. The summed E-state index contributed by atoms with van der Waals surface area (Å²) in [5, 5.41) is 0. The van der Waals surface area contributed by atoms with E-state index in [9.17, 15) is 4.79 Å². The minimum Gasteiger partial charge on any atom is -0.411 e. The number of esters is 1. The molecule has 0 N–H and O–H groups in total. The zero-order valence-electron chi connectivity index (χ0n) is 11.6. The molecular formula is C14H19N3O2. The van der Waals surface area contributed by atoms with Gasteiger partial charge in [-0.3, -0.25) is 9.79 Å². The Morgan fingerprint density at radius 2 is 1.84 bits per heavy atom. The van der Waals surface area contributed by atoms with Crippen LogP contribution in [0.25, 0.3) is 0 Å². The maximum absolute atomic E-state index is 11.6. The Bertz CT molecular complexity index is 507. The van der Waals surface area contributed by atoms with Crippen molar-refractivity contribution in [1.29, 1.82) is 0 Å². The first-order valence-corrected chi connectivity index (χ1v) is 6.94. The van der Waals surface area contributed by atoms with Crippen LogP contribution in [0, 0.1) is 23.7 Å². The van der Waals surface area contributed by atoms with E-state index in [2.05, 4.69) is 21.9 Å². The molecule has 0 radical (unpaired) electrons. The number of carbonyl (C=O) groups is 1. The van der Waals surface area contributed by atoms with Gasteiger partial charge in [0, 0.05) is 24.8 Å². The molecule has 0 amide bonds. The highest BCUT2D eigenvalue weighted by Crippen LogP contribution is 2.37. The predicted octanol–water partition coefficient (Wildman–Crippen LogP) is 2.07.